The highest BCUT2D eigenvalue weighted by Crippen LogP contribution is 2.31. The molecule has 1 atom stereocenters. The first-order valence-electron chi connectivity index (χ1n) is 5.87. The van der Waals surface area contributed by atoms with Crippen molar-refractivity contribution in [2.24, 2.45) is 0 Å². The molecule has 3 rings (SSSR count). The van der Waals surface area contributed by atoms with Gasteiger partial charge in [0.1, 0.15) is 0 Å². The summed E-state index contributed by atoms with van der Waals surface area (Å²) < 4.78 is 0. The highest BCUT2D eigenvalue weighted by molar-refractivity contribution is 5.99. The SMILES string of the molecule is O=C1NC(O)(Cc2ccccc2)c2ccccc21. The van der Waals surface area contributed by atoms with E-state index in [1.165, 1.54) is 0 Å². The van der Waals surface area contributed by atoms with Crippen LogP contribution in [0.3, 0.4) is 0 Å². The molecule has 2 aromatic rings. The van der Waals surface area contributed by atoms with Crippen LogP contribution in [0.5, 0.6) is 0 Å². The fraction of sp³-hybridized carbons (Fsp3) is 0.133. The zero-order chi connectivity index (χ0) is 12.6. The van der Waals surface area contributed by atoms with Gasteiger partial charge >= 0.3 is 0 Å². The van der Waals surface area contributed by atoms with Crippen molar-refractivity contribution in [3.05, 3.63) is 71.3 Å². The van der Waals surface area contributed by atoms with Crippen molar-refractivity contribution in [2.45, 2.75) is 12.1 Å². The summed E-state index contributed by atoms with van der Waals surface area (Å²) >= 11 is 0. The molecular formula is C15H13NO2. The second kappa shape index (κ2) is 3.96. The fourth-order valence-electron chi connectivity index (χ4n) is 2.39. The molecule has 0 bridgehead atoms. The predicted octanol–water partition coefficient (Wildman–Crippen LogP) is 1.82. The number of rotatable bonds is 2. The van der Waals surface area contributed by atoms with E-state index in [-0.39, 0.29) is 5.91 Å². The Morgan fingerprint density at radius 1 is 1.00 bits per heavy atom. The maximum absolute atomic E-state index is 11.8. The summed E-state index contributed by atoms with van der Waals surface area (Å²) in [6.07, 6.45) is 0.372. The van der Waals surface area contributed by atoms with Crippen LogP contribution < -0.4 is 5.32 Å². The molecule has 0 spiro atoms. The topological polar surface area (TPSA) is 49.3 Å². The van der Waals surface area contributed by atoms with Gasteiger partial charge in [0.15, 0.2) is 5.72 Å². The number of hydrogen-bond donors (Lipinski definition) is 2. The van der Waals surface area contributed by atoms with Crippen molar-refractivity contribution >= 4 is 5.91 Å². The molecule has 1 amide bonds. The molecule has 3 heteroatoms. The molecular weight excluding hydrogens is 226 g/mol. The van der Waals surface area contributed by atoms with E-state index in [2.05, 4.69) is 5.32 Å². The minimum atomic E-state index is -1.30. The largest absolute Gasteiger partial charge is 0.366 e. The van der Waals surface area contributed by atoms with Crippen LogP contribution in [0.2, 0.25) is 0 Å². The van der Waals surface area contributed by atoms with E-state index >= 15 is 0 Å². The predicted molar refractivity (Wildman–Crippen MR) is 68.0 cm³/mol. The molecule has 2 aromatic carbocycles. The number of carbonyl (C=O) groups excluding carboxylic acids is 1. The Kier molecular flexibility index (Phi) is 2.42. The van der Waals surface area contributed by atoms with Gasteiger partial charge in [-0.3, -0.25) is 4.79 Å². The van der Waals surface area contributed by atoms with Gasteiger partial charge in [-0.1, -0.05) is 48.5 Å². The van der Waals surface area contributed by atoms with E-state index in [1.54, 1.807) is 18.2 Å². The van der Waals surface area contributed by atoms with Crippen LogP contribution in [0.4, 0.5) is 0 Å². The molecule has 0 fully saturated rings. The van der Waals surface area contributed by atoms with Crippen molar-refractivity contribution in [3.8, 4) is 0 Å². The molecule has 0 saturated heterocycles. The molecule has 1 aliphatic rings. The van der Waals surface area contributed by atoms with Gasteiger partial charge in [0.2, 0.25) is 0 Å². The smallest absolute Gasteiger partial charge is 0.254 e. The van der Waals surface area contributed by atoms with E-state index < -0.39 is 5.72 Å². The van der Waals surface area contributed by atoms with Gasteiger partial charge in [-0.05, 0) is 11.6 Å². The number of aliphatic hydroxyl groups is 1. The van der Waals surface area contributed by atoms with E-state index in [1.807, 2.05) is 36.4 Å². The normalized spacial score (nSPS) is 21.5. The molecule has 0 aliphatic carbocycles. The molecule has 18 heavy (non-hydrogen) atoms. The molecule has 2 N–H and O–H groups in total. The van der Waals surface area contributed by atoms with Gasteiger partial charge in [-0.25, -0.2) is 0 Å². The molecule has 1 heterocycles. The lowest BCUT2D eigenvalue weighted by Gasteiger charge is -2.24. The lowest BCUT2D eigenvalue weighted by molar-refractivity contribution is 0.0134. The summed E-state index contributed by atoms with van der Waals surface area (Å²) in [4.78, 5) is 11.8. The Morgan fingerprint density at radius 2 is 1.67 bits per heavy atom. The highest BCUT2D eigenvalue weighted by Gasteiger charge is 2.40. The number of benzene rings is 2. The lowest BCUT2D eigenvalue weighted by Crippen LogP contribution is -2.41. The lowest BCUT2D eigenvalue weighted by atomic mass is 9.95. The average Bonchev–Trinajstić information content (AvgIpc) is 2.63. The summed E-state index contributed by atoms with van der Waals surface area (Å²) in [5.41, 5.74) is 0.890. The van der Waals surface area contributed by atoms with Gasteiger partial charge in [0.05, 0.1) is 0 Å². The highest BCUT2D eigenvalue weighted by atomic mass is 16.3. The van der Waals surface area contributed by atoms with Crippen molar-refractivity contribution in [3.63, 3.8) is 0 Å². The number of nitrogens with one attached hydrogen (secondary N) is 1. The van der Waals surface area contributed by atoms with Gasteiger partial charge in [0, 0.05) is 17.5 Å². The van der Waals surface area contributed by atoms with Crippen LogP contribution in [0.15, 0.2) is 54.6 Å². The Balaban J connectivity index is 2.00. The first kappa shape index (κ1) is 11.0. The fourth-order valence-corrected chi connectivity index (χ4v) is 2.39. The number of amides is 1. The number of carbonyl (C=O) groups is 1. The van der Waals surface area contributed by atoms with Crippen molar-refractivity contribution in [2.75, 3.05) is 0 Å². The quantitative estimate of drug-likeness (QED) is 0.839. The van der Waals surface area contributed by atoms with E-state index in [9.17, 15) is 9.90 Å². The average molecular weight is 239 g/mol. The summed E-state index contributed by atoms with van der Waals surface area (Å²) in [6.45, 7) is 0. The molecule has 1 aliphatic heterocycles. The third kappa shape index (κ3) is 1.69. The van der Waals surface area contributed by atoms with Gasteiger partial charge < -0.3 is 10.4 Å². The monoisotopic (exact) mass is 239 g/mol. The van der Waals surface area contributed by atoms with E-state index in [0.717, 1.165) is 5.56 Å². The number of hydrogen-bond acceptors (Lipinski definition) is 2. The third-order valence-electron chi connectivity index (χ3n) is 3.24. The Morgan fingerprint density at radius 3 is 2.44 bits per heavy atom. The second-order valence-corrected chi connectivity index (χ2v) is 4.52. The zero-order valence-corrected chi connectivity index (χ0v) is 9.76. The third-order valence-corrected chi connectivity index (χ3v) is 3.24. The van der Waals surface area contributed by atoms with Crippen LogP contribution in [0, 0.1) is 0 Å². The van der Waals surface area contributed by atoms with Crippen LogP contribution in [-0.2, 0) is 12.1 Å². The summed E-state index contributed by atoms with van der Waals surface area (Å²) in [6, 6.07) is 16.8. The second-order valence-electron chi connectivity index (χ2n) is 4.52. The van der Waals surface area contributed by atoms with Crippen molar-refractivity contribution in [1.82, 2.24) is 5.32 Å². The minimum Gasteiger partial charge on any atom is -0.366 e. The maximum atomic E-state index is 11.8. The van der Waals surface area contributed by atoms with Gasteiger partial charge in [-0.15, -0.1) is 0 Å². The molecule has 0 radical (unpaired) electrons. The summed E-state index contributed by atoms with van der Waals surface area (Å²) in [7, 11) is 0. The van der Waals surface area contributed by atoms with Crippen LogP contribution >= 0.6 is 0 Å². The molecule has 0 saturated carbocycles. The minimum absolute atomic E-state index is 0.218. The van der Waals surface area contributed by atoms with Crippen molar-refractivity contribution < 1.29 is 9.90 Å². The first-order valence-corrected chi connectivity index (χ1v) is 5.87. The van der Waals surface area contributed by atoms with Crippen LogP contribution in [0.25, 0.3) is 0 Å². The Bertz CT molecular complexity index is 594. The molecule has 3 nitrogen and oxygen atoms in total. The standard InChI is InChI=1S/C15H13NO2/c17-14-12-8-4-5-9-13(12)15(18,16-14)10-11-6-2-1-3-7-11/h1-9,18H,10H2,(H,16,17). The zero-order valence-electron chi connectivity index (χ0n) is 9.76. The van der Waals surface area contributed by atoms with Crippen LogP contribution in [0.1, 0.15) is 21.5 Å². The molecule has 0 aromatic heterocycles. The van der Waals surface area contributed by atoms with E-state index in [4.69, 9.17) is 0 Å². The number of fused-ring (bicyclic) bond motifs is 1. The van der Waals surface area contributed by atoms with E-state index in [0.29, 0.717) is 17.5 Å². The van der Waals surface area contributed by atoms with Crippen molar-refractivity contribution in [1.29, 1.82) is 0 Å². The van der Waals surface area contributed by atoms with Crippen LogP contribution in [-0.4, -0.2) is 11.0 Å². The Hall–Kier alpha value is -2.13. The Labute approximate surface area is 105 Å². The summed E-state index contributed by atoms with van der Waals surface area (Å²) in [5, 5.41) is 13.3. The molecule has 90 valence electrons. The van der Waals surface area contributed by atoms with Gasteiger partial charge in [-0.2, -0.15) is 0 Å². The molecule has 1 unspecified atom stereocenters. The summed E-state index contributed by atoms with van der Waals surface area (Å²) in [5.74, 6) is -0.218. The first-order chi connectivity index (χ1) is 8.69. The van der Waals surface area contributed by atoms with Gasteiger partial charge in [0.25, 0.3) is 5.91 Å². The maximum Gasteiger partial charge on any atom is 0.254 e.